The zero-order valence-electron chi connectivity index (χ0n) is 17.9. The lowest BCUT2D eigenvalue weighted by atomic mass is 10.1. The van der Waals surface area contributed by atoms with Gasteiger partial charge in [-0.25, -0.2) is 4.79 Å². The molecular weight excluding hydrogens is 404 g/mol. The van der Waals surface area contributed by atoms with Gasteiger partial charge in [-0.05, 0) is 61.2 Å². The Morgan fingerprint density at radius 3 is 2.56 bits per heavy atom. The number of rotatable bonds is 8. The molecule has 164 valence electrons. The van der Waals surface area contributed by atoms with Crippen LogP contribution in [0.3, 0.4) is 0 Å². The quantitative estimate of drug-likeness (QED) is 0.485. The fourth-order valence-corrected chi connectivity index (χ4v) is 3.13. The van der Waals surface area contributed by atoms with Gasteiger partial charge in [0.25, 0.3) is 0 Å². The van der Waals surface area contributed by atoms with Gasteiger partial charge < -0.3 is 20.7 Å². The zero-order chi connectivity index (χ0) is 22.3. The number of carbonyl (C=O) groups excluding carboxylic acids is 2. The highest BCUT2D eigenvalue weighted by Crippen LogP contribution is 2.30. The largest absolute Gasteiger partial charge is 0.489 e. The number of aromatic nitrogens is 1. The monoisotopic (exact) mass is 430 g/mol. The molecule has 2 aromatic carbocycles. The van der Waals surface area contributed by atoms with Crippen LogP contribution in [0.1, 0.15) is 29.5 Å². The molecule has 0 atom stereocenters. The number of nitrogens with one attached hydrogen (secondary N) is 3. The van der Waals surface area contributed by atoms with Crippen molar-refractivity contribution in [3.8, 4) is 5.75 Å². The Kier molecular flexibility index (Phi) is 6.65. The Labute approximate surface area is 187 Å². The number of hydrogen-bond acceptors (Lipinski definition) is 4. The van der Waals surface area contributed by atoms with E-state index >= 15 is 0 Å². The second-order valence-corrected chi connectivity index (χ2v) is 7.89. The van der Waals surface area contributed by atoms with E-state index in [0.29, 0.717) is 24.5 Å². The Morgan fingerprint density at radius 1 is 1.03 bits per heavy atom. The van der Waals surface area contributed by atoms with Gasteiger partial charge in [0.1, 0.15) is 12.4 Å². The van der Waals surface area contributed by atoms with Crippen LogP contribution in [0.2, 0.25) is 0 Å². The summed E-state index contributed by atoms with van der Waals surface area (Å²) in [6.45, 7) is 2.74. The summed E-state index contributed by atoms with van der Waals surface area (Å²) in [5.74, 6) is 0.919. The van der Waals surface area contributed by atoms with Crippen molar-refractivity contribution in [1.29, 1.82) is 0 Å². The van der Waals surface area contributed by atoms with Gasteiger partial charge >= 0.3 is 6.03 Å². The van der Waals surface area contributed by atoms with E-state index in [4.69, 9.17) is 4.74 Å². The topological polar surface area (TPSA) is 92.4 Å². The van der Waals surface area contributed by atoms with Crippen LogP contribution in [0.4, 0.5) is 16.2 Å². The van der Waals surface area contributed by atoms with E-state index in [1.54, 1.807) is 18.5 Å². The van der Waals surface area contributed by atoms with Crippen molar-refractivity contribution in [2.45, 2.75) is 32.9 Å². The SMILES string of the molecule is Cc1ccc(NC(=O)C2CC2)cc1NC(=O)NCc1ccc(OCc2cccnc2)cc1. The number of ether oxygens (including phenoxy) is 1. The van der Waals surface area contributed by atoms with E-state index in [1.165, 1.54) is 0 Å². The molecule has 3 N–H and O–H groups in total. The number of anilines is 2. The number of urea groups is 1. The molecular formula is C25H26N4O3. The number of aryl methyl sites for hydroxylation is 1. The summed E-state index contributed by atoms with van der Waals surface area (Å²) in [7, 11) is 0. The van der Waals surface area contributed by atoms with Crippen molar-refractivity contribution in [2.75, 3.05) is 10.6 Å². The van der Waals surface area contributed by atoms with Gasteiger partial charge in [-0.2, -0.15) is 0 Å². The number of nitrogens with zero attached hydrogens (tertiary/aromatic N) is 1. The lowest BCUT2D eigenvalue weighted by Gasteiger charge is -2.13. The molecule has 1 aliphatic rings. The standard InChI is InChI=1S/C25H26N4O3/c1-17-4-9-21(28-24(30)20-7-8-20)13-23(17)29-25(31)27-15-18-5-10-22(11-6-18)32-16-19-3-2-12-26-14-19/h2-6,9-14,20H,7-8,15-16H2,1H3,(H,28,30)(H2,27,29,31). The summed E-state index contributed by atoms with van der Waals surface area (Å²) in [6.07, 6.45) is 5.40. The highest BCUT2D eigenvalue weighted by atomic mass is 16.5. The maximum Gasteiger partial charge on any atom is 0.319 e. The Bertz CT molecular complexity index is 1080. The third-order valence-electron chi connectivity index (χ3n) is 5.21. The van der Waals surface area contributed by atoms with Crippen molar-refractivity contribution in [1.82, 2.24) is 10.3 Å². The van der Waals surface area contributed by atoms with Gasteiger partial charge in [-0.3, -0.25) is 9.78 Å². The first-order valence-corrected chi connectivity index (χ1v) is 10.6. The van der Waals surface area contributed by atoms with Gasteiger partial charge in [0.05, 0.1) is 0 Å². The minimum atomic E-state index is -0.310. The summed E-state index contributed by atoms with van der Waals surface area (Å²) in [5, 5.41) is 8.61. The van der Waals surface area contributed by atoms with Gasteiger partial charge in [0, 0.05) is 41.8 Å². The fraction of sp³-hybridized carbons (Fsp3) is 0.240. The van der Waals surface area contributed by atoms with Crippen LogP contribution >= 0.6 is 0 Å². The predicted octanol–water partition coefficient (Wildman–Crippen LogP) is 4.64. The predicted molar refractivity (Wildman–Crippen MR) is 123 cm³/mol. The van der Waals surface area contributed by atoms with Crippen molar-refractivity contribution in [2.24, 2.45) is 5.92 Å². The molecule has 0 spiro atoms. The molecule has 0 bridgehead atoms. The van der Waals surface area contributed by atoms with E-state index in [9.17, 15) is 9.59 Å². The van der Waals surface area contributed by atoms with Crippen molar-refractivity contribution < 1.29 is 14.3 Å². The normalized spacial score (nSPS) is 12.7. The molecule has 0 aliphatic heterocycles. The molecule has 7 nitrogen and oxygen atoms in total. The van der Waals surface area contributed by atoms with E-state index in [2.05, 4.69) is 20.9 Å². The Hall–Kier alpha value is -3.87. The summed E-state index contributed by atoms with van der Waals surface area (Å²) < 4.78 is 5.75. The molecule has 1 aromatic heterocycles. The molecule has 4 rings (SSSR count). The van der Waals surface area contributed by atoms with Crippen LogP contribution in [-0.2, 0) is 17.9 Å². The maximum absolute atomic E-state index is 12.4. The third kappa shape index (κ3) is 6.07. The van der Waals surface area contributed by atoms with E-state index < -0.39 is 0 Å². The molecule has 3 amide bonds. The second kappa shape index (κ2) is 9.96. The summed E-state index contributed by atoms with van der Waals surface area (Å²) in [4.78, 5) is 28.4. The highest BCUT2D eigenvalue weighted by molar-refractivity contribution is 5.96. The van der Waals surface area contributed by atoms with Crippen molar-refractivity contribution >= 4 is 23.3 Å². The van der Waals surface area contributed by atoms with E-state index in [1.807, 2.05) is 55.5 Å². The lowest BCUT2D eigenvalue weighted by molar-refractivity contribution is -0.117. The van der Waals surface area contributed by atoms with Gasteiger partial charge in [0.15, 0.2) is 0 Å². The van der Waals surface area contributed by atoms with Crippen LogP contribution in [0.25, 0.3) is 0 Å². The number of hydrogen-bond donors (Lipinski definition) is 3. The molecule has 0 saturated heterocycles. The van der Waals surface area contributed by atoms with Crippen molar-refractivity contribution in [3.05, 3.63) is 83.7 Å². The molecule has 0 radical (unpaired) electrons. The van der Waals surface area contributed by atoms with Crippen LogP contribution in [0.15, 0.2) is 67.0 Å². The van der Waals surface area contributed by atoms with Crippen LogP contribution in [0, 0.1) is 12.8 Å². The van der Waals surface area contributed by atoms with E-state index in [-0.39, 0.29) is 17.9 Å². The maximum atomic E-state index is 12.4. The summed E-state index contributed by atoms with van der Waals surface area (Å²) >= 11 is 0. The third-order valence-corrected chi connectivity index (χ3v) is 5.21. The van der Waals surface area contributed by atoms with Crippen molar-refractivity contribution in [3.63, 3.8) is 0 Å². The minimum Gasteiger partial charge on any atom is -0.489 e. The lowest BCUT2D eigenvalue weighted by Crippen LogP contribution is -2.28. The Balaban J connectivity index is 1.26. The van der Waals surface area contributed by atoms with Gasteiger partial charge in [-0.1, -0.05) is 24.3 Å². The number of amides is 3. The summed E-state index contributed by atoms with van der Waals surface area (Å²) in [5.41, 5.74) is 4.22. The summed E-state index contributed by atoms with van der Waals surface area (Å²) in [6, 6.07) is 16.6. The number of carbonyl (C=O) groups is 2. The number of pyridine rings is 1. The second-order valence-electron chi connectivity index (χ2n) is 7.89. The van der Waals surface area contributed by atoms with Crippen LogP contribution < -0.4 is 20.7 Å². The Morgan fingerprint density at radius 2 is 1.84 bits per heavy atom. The molecule has 1 aliphatic carbocycles. The first kappa shape index (κ1) is 21.4. The van der Waals surface area contributed by atoms with Gasteiger partial charge in [-0.15, -0.1) is 0 Å². The number of benzene rings is 2. The first-order chi connectivity index (χ1) is 15.6. The molecule has 0 unspecified atom stereocenters. The zero-order valence-corrected chi connectivity index (χ0v) is 17.9. The molecule has 1 heterocycles. The smallest absolute Gasteiger partial charge is 0.319 e. The first-order valence-electron chi connectivity index (χ1n) is 10.6. The average Bonchev–Trinajstić information content (AvgIpc) is 3.66. The minimum absolute atomic E-state index is 0.0390. The average molecular weight is 431 g/mol. The molecule has 3 aromatic rings. The highest BCUT2D eigenvalue weighted by Gasteiger charge is 2.29. The van der Waals surface area contributed by atoms with Crippen LogP contribution in [-0.4, -0.2) is 16.9 Å². The molecule has 32 heavy (non-hydrogen) atoms. The van der Waals surface area contributed by atoms with E-state index in [0.717, 1.165) is 35.3 Å². The molecule has 1 saturated carbocycles. The molecule has 7 heteroatoms. The van der Waals surface area contributed by atoms with Crippen LogP contribution in [0.5, 0.6) is 5.75 Å². The molecule has 1 fully saturated rings. The fourth-order valence-electron chi connectivity index (χ4n) is 3.13. The van der Waals surface area contributed by atoms with Gasteiger partial charge in [0.2, 0.25) is 5.91 Å².